The van der Waals surface area contributed by atoms with Gasteiger partial charge in [-0.15, -0.1) is 0 Å². The zero-order valence-electron chi connectivity index (χ0n) is 8.47. The van der Waals surface area contributed by atoms with Crippen molar-refractivity contribution in [3.8, 4) is 0 Å². The smallest absolute Gasteiger partial charge is 0.336 e. The molecule has 0 atom stereocenters. The summed E-state index contributed by atoms with van der Waals surface area (Å²) in [5.41, 5.74) is 1.18. The maximum atomic E-state index is 11.0. The molecule has 1 aromatic heterocycles. The van der Waals surface area contributed by atoms with Gasteiger partial charge in [0.1, 0.15) is 6.33 Å². The van der Waals surface area contributed by atoms with Crippen molar-refractivity contribution >= 4 is 17.7 Å². The van der Waals surface area contributed by atoms with Crippen molar-refractivity contribution in [2.75, 3.05) is 0 Å². The van der Waals surface area contributed by atoms with Crippen LogP contribution in [-0.4, -0.2) is 26.3 Å². The minimum absolute atomic E-state index is 0.279. The minimum atomic E-state index is -0.939. The van der Waals surface area contributed by atoms with Gasteiger partial charge < -0.3 is 5.11 Å². The molecule has 0 unspecified atom stereocenters. The quantitative estimate of drug-likeness (QED) is 0.850. The first-order valence-corrected chi connectivity index (χ1v) is 5.36. The lowest BCUT2D eigenvalue weighted by Gasteiger charge is -2.06. The van der Waals surface area contributed by atoms with E-state index in [-0.39, 0.29) is 5.56 Å². The second kappa shape index (κ2) is 4.36. The first kappa shape index (κ1) is 10.7. The second-order valence-corrected chi connectivity index (χ2v) is 4.15. The fraction of sp³-hybridized carbons (Fsp3) is 0.100. The van der Waals surface area contributed by atoms with Crippen LogP contribution in [0.15, 0.2) is 34.6 Å². The number of nitrogens with one attached hydrogen (secondary N) is 1. The van der Waals surface area contributed by atoms with Crippen molar-refractivity contribution in [3.05, 3.63) is 35.7 Å². The molecule has 2 N–H and O–H groups in total. The molecule has 1 aromatic carbocycles. The Kier molecular flexibility index (Phi) is 2.91. The summed E-state index contributed by atoms with van der Waals surface area (Å²) in [4.78, 5) is 15.7. The van der Waals surface area contributed by atoms with E-state index in [0.29, 0.717) is 10.1 Å². The van der Waals surface area contributed by atoms with Crippen LogP contribution in [0.2, 0.25) is 0 Å². The number of hydrogen-bond donors (Lipinski definition) is 2. The molecule has 0 spiro atoms. The van der Waals surface area contributed by atoms with Gasteiger partial charge in [-0.3, -0.25) is 5.10 Å². The topological polar surface area (TPSA) is 78.9 Å². The van der Waals surface area contributed by atoms with Crippen LogP contribution in [0.5, 0.6) is 0 Å². The normalized spacial score (nSPS) is 10.3. The number of aryl methyl sites for hydroxylation is 1. The lowest BCUT2D eigenvalue weighted by molar-refractivity contribution is 0.0693. The Labute approximate surface area is 95.9 Å². The Morgan fingerprint density at radius 2 is 2.31 bits per heavy atom. The van der Waals surface area contributed by atoms with E-state index in [1.165, 1.54) is 18.1 Å². The molecule has 0 aliphatic carbocycles. The third-order valence-corrected chi connectivity index (χ3v) is 3.17. The number of carboxylic acid groups (broad SMARTS) is 1. The summed E-state index contributed by atoms with van der Waals surface area (Å²) in [7, 11) is 0. The molecule has 0 amide bonds. The summed E-state index contributed by atoms with van der Waals surface area (Å²) >= 11 is 1.27. The van der Waals surface area contributed by atoms with Crippen molar-refractivity contribution in [3.63, 3.8) is 0 Å². The Morgan fingerprint density at radius 1 is 1.50 bits per heavy atom. The van der Waals surface area contributed by atoms with Crippen LogP contribution in [0.3, 0.4) is 0 Å². The van der Waals surface area contributed by atoms with Crippen LogP contribution in [0.1, 0.15) is 15.9 Å². The largest absolute Gasteiger partial charge is 0.478 e. The first-order valence-electron chi connectivity index (χ1n) is 4.54. The zero-order valence-corrected chi connectivity index (χ0v) is 9.28. The van der Waals surface area contributed by atoms with Gasteiger partial charge in [-0.25, -0.2) is 9.78 Å². The summed E-state index contributed by atoms with van der Waals surface area (Å²) in [5, 5.41) is 16.0. The molecule has 0 fully saturated rings. The standard InChI is InChI=1S/C10H9N3O2S/c1-6-3-2-4-7(9(14)15)8(6)16-10-11-5-12-13-10/h2-5H,1H3,(H,14,15)(H,11,12,13). The highest BCUT2D eigenvalue weighted by atomic mass is 32.2. The number of H-pyrrole nitrogens is 1. The van der Waals surface area contributed by atoms with Crippen molar-refractivity contribution in [2.45, 2.75) is 17.0 Å². The highest BCUT2D eigenvalue weighted by Crippen LogP contribution is 2.30. The first-order chi connectivity index (χ1) is 7.68. The number of rotatable bonds is 3. The third-order valence-electron chi connectivity index (χ3n) is 2.03. The van der Waals surface area contributed by atoms with Crippen molar-refractivity contribution in [1.82, 2.24) is 15.2 Å². The number of nitrogens with zero attached hydrogens (tertiary/aromatic N) is 2. The monoisotopic (exact) mass is 235 g/mol. The van der Waals surface area contributed by atoms with Crippen LogP contribution in [-0.2, 0) is 0 Å². The van der Waals surface area contributed by atoms with E-state index in [9.17, 15) is 4.79 Å². The van der Waals surface area contributed by atoms with Gasteiger partial charge in [-0.1, -0.05) is 12.1 Å². The lowest BCUT2D eigenvalue weighted by atomic mass is 10.1. The molecule has 0 aliphatic rings. The van der Waals surface area contributed by atoms with Crippen LogP contribution in [0, 0.1) is 6.92 Å². The maximum absolute atomic E-state index is 11.0. The molecule has 5 nitrogen and oxygen atoms in total. The summed E-state index contributed by atoms with van der Waals surface area (Å²) in [6, 6.07) is 5.17. The van der Waals surface area contributed by atoms with Gasteiger partial charge >= 0.3 is 5.97 Å². The van der Waals surface area contributed by atoms with Gasteiger partial charge in [0.2, 0.25) is 0 Å². The van der Waals surface area contributed by atoms with Crippen molar-refractivity contribution in [2.24, 2.45) is 0 Å². The maximum Gasteiger partial charge on any atom is 0.336 e. The molecule has 0 aliphatic heterocycles. The van der Waals surface area contributed by atoms with E-state index < -0.39 is 5.97 Å². The molecular formula is C10H9N3O2S. The van der Waals surface area contributed by atoms with Crippen molar-refractivity contribution in [1.29, 1.82) is 0 Å². The summed E-state index contributed by atoms with van der Waals surface area (Å²) in [6.07, 6.45) is 1.39. The molecule has 6 heteroatoms. The van der Waals surface area contributed by atoms with Gasteiger partial charge in [-0.05, 0) is 30.3 Å². The fourth-order valence-corrected chi connectivity index (χ4v) is 2.18. The molecule has 2 aromatic rings. The molecule has 1 heterocycles. The fourth-order valence-electron chi connectivity index (χ4n) is 1.30. The van der Waals surface area contributed by atoms with Crippen LogP contribution >= 0.6 is 11.8 Å². The van der Waals surface area contributed by atoms with E-state index in [1.54, 1.807) is 12.1 Å². The third kappa shape index (κ3) is 2.06. The molecular weight excluding hydrogens is 226 g/mol. The Bertz CT molecular complexity index is 511. The molecule has 16 heavy (non-hydrogen) atoms. The van der Waals surface area contributed by atoms with Gasteiger partial charge in [0.05, 0.1) is 5.56 Å². The number of aromatic nitrogens is 3. The van der Waals surface area contributed by atoms with Gasteiger partial charge in [0.25, 0.3) is 0 Å². The van der Waals surface area contributed by atoms with Gasteiger partial charge in [0.15, 0.2) is 5.16 Å². The lowest BCUT2D eigenvalue weighted by Crippen LogP contribution is -2.00. The van der Waals surface area contributed by atoms with Crippen LogP contribution < -0.4 is 0 Å². The molecule has 2 rings (SSSR count). The Hall–Kier alpha value is -1.82. The molecule has 0 saturated carbocycles. The highest BCUT2D eigenvalue weighted by Gasteiger charge is 2.14. The van der Waals surface area contributed by atoms with E-state index >= 15 is 0 Å². The molecule has 82 valence electrons. The molecule has 0 saturated heterocycles. The molecule has 0 bridgehead atoms. The van der Waals surface area contributed by atoms with Crippen molar-refractivity contribution < 1.29 is 9.90 Å². The molecule has 0 radical (unpaired) electrons. The van der Waals surface area contributed by atoms with E-state index in [1.807, 2.05) is 13.0 Å². The predicted molar refractivity (Wildman–Crippen MR) is 58.6 cm³/mol. The number of carbonyl (C=O) groups is 1. The summed E-state index contributed by atoms with van der Waals surface area (Å²) < 4.78 is 0. The second-order valence-electron chi connectivity index (χ2n) is 3.15. The average Bonchev–Trinajstić information content (AvgIpc) is 2.73. The highest BCUT2D eigenvalue weighted by molar-refractivity contribution is 7.99. The van der Waals surface area contributed by atoms with Gasteiger partial charge in [-0.2, -0.15) is 5.10 Å². The summed E-state index contributed by atoms with van der Waals surface area (Å²) in [6.45, 7) is 1.87. The predicted octanol–water partition coefficient (Wildman–Crippen LogP) is 1.96. The average molecular weight is 235 g/mol. The zero-order chi connectivity index (χ0) is 11.5. The number of benzene rings is 1. The van der Waals surface area contributed by atoms with E-state index in [0.717, 1.165) is 5.56 Å². The van der Waals surface area contributed by atoms with Gasteiger partial charge in [0, 0.05) is 4.90 Å². The minimum Gasteiger partial charge on any atom is -0.478 e. The number of hydrogen-bond acceptors (Lipinski definition) is 4. The van der Waals surface area contributed by atoms with Crippen LogP contribution in [0.4, 0.5) is 0 Å². The Morgan fingerprint density at radius 3 is 2.94 bits per heavy atom. The number of aromatic carboxylic acids is 1. The summed E-state index contributed by atoms with van der Waals surface area (Å²) in [5.74, 6) is -0.939. The van der Waals surface area contributed by atoms with E-state index in [2.05, 4.69) is 15.2 Å². The number of carboxylic acids is 1. The van der Waals surface area contributed by atoms with Crippen LogP contribution in [0.25, 0.3) is 0 Å². The number of aromatic amines is 1. The Balaban J connectivity index is 2.42. The SMILES string of the molecule is Cc1cccc(C(=O)O)c1Sc1ncn[nH]1. The van der Waals surface area contributed by atoms with E-state index in [4.69, 9.17) is 5.11 Å².